The Morgan fingerprint density at radius 1 is 1.05 bits per heavy atom. The molecule has 0 saturated heterocycles. The number of benzene rings is 1. The van der Waals surface area contributed by atoms with Crippen LogP contribution in [0.2, 0.25) is 5.02 Å². The van der Waals surface area contributed by atoms with Gasteiger partial charge in [0, 0.05) is 6.07 Å². The lowest BCUT2D eigenvalue weighted by atomic mass is 10.3. The van der Waals surface area contributed by atoms with Gasteiger partial charge < -0.3 is 14.2 Å². The molecule has 0 N–H and O–H groups in total. The minimum absolute atomic E-state index is 0.207. The van der Waals surface area contributed by atoms with E-state index in [2.05, 4.69) is 4.98 Å². The SMILES string of the molecule is COc1cccc(OC)c1Oc1ccc(Cl)c(CCl)n1. The fourth-order valence-electron chi connectivity index (χ4n) is 1.64. The topological polar surface area (TPSA) is 40.6 Å². The third-order valence-corrected chi connectivity index (χ3v) is 3.21. The molecule has 0 saturated carbocycles. The van der Waals surface area contributed by atoms with Crippen molar-refractivity contribution in [3.8, 4) is 23.1 Å². The summed E-state index contributed by atoms with van der Waals surface area (Å²) in [5.74, 6) is 2.13. The Kier molecular flexibility index (Phi) is 4.93. The van der Waals surface area contributed by atoms with Crippen LogP contribution in [0.1, 0.15) is 5.69 Å². The smallest absolute Gasteiger partial charge is 0.219 e. The second kappa shape index (κ2) is 6.68. The van der Waals surface area contributed by atoms with Crippen LogP contribution in [0.5, 0.6) is 23.1 Å². The first-order valence-electron chi connectivity index (χ1n) is 5.79. The van der Waals surface area contributed by atoms with Gasteiger partial charge in [-0.3, -0.25) is 0 Å². The van der Waals surface area contributed by atoms with Crippen LogP contribution in [0.3, 0.4) is 0 Å². The number of ether oxygens (including phenoxy) is 3. The van der Waals surface area contributed by atoms with E-state index in [0.717, 1.165) is 0 Å². The first-order chi connectivity index (χ1) is 9.69. The molecule has 2 aromatic rings. The van der Waals surface area contributed by atoms with Gasteiger partial charge in [-0.2, -0.15) is 0 Å². The van der Waals surface area contributed by atoms with E-state index in [9.17, 15) is 0 Å². The first-order valence-corrected chi connectivity index (χ1v) is 6.71. The van der Waals surface area contributed by atoms with Crippen LogP contribution in [0.4, 0.5) is 0 Å². The van der Waals surface area contributed by atoms with Gasteiger partial charge in [-0.05, 0) is 18.2 Å². The molecule has 0 fully saturated rings. The van der Waals surface area contributed by atoms with E-state index in [0.29, 0.717) is 33.8 Å². The number of alkyl halides is 1. The monoisotopic (exact) mass is 313 g/mol. The maximum Gasteiger partial charge on any atom is 0.219 e. The van der Waals surface area contributed by atoms with Crippen LogP contribution in [-0.4, -0.2) is 19.2 Å². The van der Waals surface area contributed by atoms with Crippen LogP contribution < -0.4 is 14.2 Å². The summed E-state index contributed by atoms with van der Waals surface area (Å²) < 4.78 is 16.3. The Balaban J connectivity index is 2.39. The number of nitrogens with zero attached hydrogens (tertiary/aromatic N) is 1. The molecule has 0 amide bonds. The van der Waals surface area contributed by atoms with E-state index in [1.165, 1.54) is 0 Å². The van der Waals surface area contributed by atoms with Gasteiger partial charge in [0.15, 0.2) is 11.5 Å². The van der Waals surface area contributed by atoms with Gasteiger partial charge in [0.05, 0.1) is 30.8 Å². The summed E-state index contributed by atoms with van der Waals surface area (Å²) in [7, 11) is 3.11. The standard InChI is InChI=1S/C14H13Cl2NO3/c1-18-11-4-3-5-12(19-2)14(11)20-13-7-6-9(16)10(8-15)17-13/h3-7H,8H2,1-2H3. The van der Waals surface area contributed by atoms with Crippen LogP contribution in [0, 0.1) is 0 Å². The zero-order valence-corrected chi connectivity index (χ0v) is 12.5. The molecule has 1 heterocycles. The molecule has 0 aliphatic rings. The summed E-state index contributed by atoms with van der Waals surface area (Å²) in [5.41, 5.74) is 0.555. The normalized spacial score (nSPS) is 10.2. The summed E-state index contributed by atoms with van der Waals surface area (Å²) in [5, 5.41) is 0.499. The minimum atomic E-state index is 0.207. The molecular weight excluding hydrogens is 301 g/mol. The van der Waals surface area contributed by atoms with E-state index in [-0.39, 0.29) is 5.88 Å². The molecule has 0 unspecified atom stereocenters. The highest BCUT2D eigenvalue weighted by Crippen LogP contribution is 2.39. The first kappa shape index (κ1) is 14.8. The Morgan fingerprint density at radius 3 is 2.25 bits per heavy atom. The molecule has 0 bridgehead atoms. The molecule has 2 rings (SSSR count). The van der Waals surface area contributed by atoms with E-state index in [4.69, 9.17) is 37.4 Å². The molecular formula is C14H13Cl2NO3. The minimum Gasteiger partial charge on any atom is -0.493 e. The molecule has 6 heteroatoms. The predicted octanol–water partition coefficient (Wildman–Crippen LogP) is 4.28. The Morgan fingerprint density at radius 2 is 1.70 bits per heavy atom. The van der Waals surface area contributed by atoms with E-state index >= 15 is 0 Å². The summed E-state index contributed by atoms with van der Waals surface area (Å²) in [6.07, 6.45) is 0. The molecule has 0 aliphatic carbocycles. The number of hydrogen-bond acceptors (Lipinski definition) is 4. The van der Waals surface area contributed by atoms with Crippen LogP contribution in [0.15, 0.2) is 30.3 Å². The van der Waals surface area contributed by atoms with Gasteiger partial charge in [-0.1, -0.05) is 17.7 Å². The largest absolute Gasteiger partial charge is 0.493 e. The fraction of sp³-hybridized carbons (Fsp3) is 0.214. The molecule has 1 aromatic carbocycles. The lowest BCUT2D eigenvalue weighted by molar-refractivity contribution is 0.341. The maximum absolute atomic E-state index is 5.96. The van der Waals surface area contributed by atoms with Crippen molar-refractivity contribution in [2.24, 2.45) is 0 Å². The lowest BCUT2D eigenvalue weighted by Crippen LogP contribution is -1.97. The molecule has 0 atom stereocenters. The van der Waals surface area contributed by atoms with Crippen LogP contribution >= 0.6 is 23.2 Å². The van der Waals surface area contributed by atoms with Gasteiger partial charge in [0.1, 0.15) is 0 Å². The second-order valence-corrected chi connectivity index (χ2v) is 4.48. The van der Waals surface area contributed by atoms with Crippen LogP contribution in [0.25, 0.3) is 0 Å². The van der Waals surface area contributed by atoms with Gasteiger partial charge in [0.25, 0.3) is 0 Å². The van der Waals surface area contributed by atoms with Gasteiger partial charge >= 0.3 is 0 Å². The number of para-hydroxylation sites is 1. The third kappa shape index (κ3) is 3.08. The van der Waals surface area contributed by atoms with Crippen molar-refractivity contribution < 1.29 is 14.2 Å². The number of aromatic nitrogens is 1. The van der Waals surface area contributed by atoms with E-state index in [1.54, 1.807) is 38.5 Å². The summed E-state index contributed by atoms with van der Waals surface area (Å²) >= 11 is 11.7. The Bertz CT molecular complexity index is 583. The van der Waals surface area contributed by atoms with Gasteiger partial charge in [-0.15, -0.1) is 11.6 Å². The van der Waals surface area contributed by atoms with Crippen molar-refractivity contribution in [3.63, 3.8) is 0 Å². The van der Waals surface area contributed by atoms with Crippen molar-refractivity contribution in [2.75, 3.05) is 14.2 Å². The number of pyridine rings is 1. The molecule has 0 aliphatic heterocycles. The maximum atomic E-state index is 5.96. The Hall–Kier alpha value is -1.65. The molecule has 20 heavy (non-hydrogen) atoms. The van der Waals surface area contributed by atoms with E-state index < -0.39 is 0 Å². The molecule has 106 valence electrons. The van der Waals surface area contributed by atoms with Gasteiger partial charge in [-0.25, -0.2) is 4.98 Å². The molecule has 0 radical (unpaired) electrons. The molecule has 0 spiro atoms. The number of rotatable bonds is 5. The lowest BCUT2D eigenvalue weighted by Gasteiger charge is -2.13. The third-order valence-electron chi connectivity index (χ3n) is 2.61. The number of hydrogen-bond donors (Lipinski definition) is 0. The number of halogens is 2. The van der Waals surface area contributed by atoms with Crippen molar-refractivity contribution in [1.82, 2.24) is 4.98 Å². The highest BCUT2D eigenvalue weighted by Gasteiger charge is 2.14. The molecule has 1 aromatic heterocycles. The average Bonchev–Trinajstić information content (AvgIpc) is 2.49. The Labute approximate surface area is 127 Å². The summed E-state index contributed by atoms with van der Waals surface area (Å²) in [4.78, 5) is 4.24. The average molecular weight is 314 g/mol. The fourth-order valence-corrected chi connectivity index (χ4v) is 2.08. The quantitative estimate of drug-likeness (QED) is 0.772. The summed E-state index contributed by atoms with van der Waals surface area (Å²) in [6.45, 7) is 0. The van der Waals surface area contributed by atoms with Gasteiger partial charge in [0.2, 0.25) is 11.6 Å². The van der Waals surface area contributed by atoms with Crippen molar-refractivity contribution in [2.45, 2.75) is 5.88 Å². The van der Waals surface area contributed by atoms with Crippen molar-refractivity contribution in [3.05, 3.63) is 41.0 Å². The van der Waals surface area contributed by atoms with Crippen LogP contribution in [-0.2, 0) is 5.88 Å². The molecule has 4 nitrogen and oxygen atoms in total. The summed E-state index contributed by atoms with van der Waals surface area (Å²) in [6, 6.07) is 8.70. The highest BCUT2D eigenvalue weighted by molar-refractivity contribution is 6.32. The highest BCUT2D eigenvalue weighted by atomic mass is 35.5. The van der Waals surface area contributed by atoms with Crippen molar-refractivity contribution >= 4 is 23.2 Å². The number of methoxy groups -OCH3 is 2. The second-order valence-electron chi connectivity index (χ2n) is 3.81. The van der Waals surface area contributed by atoms with Crippen molar-refractivity contribution in [1.29, 1.82) is 0 Å². The predicted molar refractivity (Wildman–Crippen MR) is 78.4 cm³/mol. The zero-order valence-electron chi connectivity index (χ0n) is 11.0. The van der Waals surface area contributed by atoms with E-state index in [1.807, 2.05) is 6.07 Å². The zero-order chi connectivity index (χ0) is 14.5.